The van der Waals surface area contributed by atoms with Gasteiger partial charge in [-0.3, -0.25) is 9.59 Å². The molecular weight excluding hydrogens is 309 g/mol. The Kier molecular flexibility index (Phi) is 4.12. The molecule has 3 rings (SSSR count). The third-order valence-corrected chi connectivity index (χ3v) is 4.04. The molecule has 0 fully saturated rings. The summed E-state index contributed by atoms with van der Waals surface area (Å²) in [6.07, 6.45) is 8.72. The number of hydrogen-bond acceptors (Lipinski definition) is 2. The lowest BCUT2D eigenvalue weighted by molar-refractivity contribution is -0.467. The fourth-order valence-electron chi connectivity index (χ4n) is 2.80. The summed E-state index contributed by atoms with van der Waals surface area (Å²) < 4.78 is 14.4. The summed E-state index contributed by atoms with van der Waals surface area (Å²) in [6.45, 7) is 2.25. The average Bonchev–Trinajstić information content (AvgIpc) is 3.05. The Bertz CT molecular complexity index is 837. The van der Waals surface area contributed by atoms with Crippen LogP contribution in [0.1, 0.15) is 22.8 Å². The van der Waals surface area contributed by atoms with E-state index < -0.39 is 17.8 Å². The Labute approximate surface area is 138 Å². The van der Waals surface area contributed by atoms with Crippen molar-refractivity contribution < 1.29 is 19.0 Å². The van der Waals surface area contributed by atoms with Gasteiger partial charge in [0.1, 0.15) is 5.82 Å². The van der Waals surface area contributed by atoms with Crippen molar-refractivity contribution in [1.82, 2.24) is 4.90 Å². The molecular formula is C18H17FN3O2+. The van der Waals surface area contributed by atoms with Crippen LogP contribution in [-0.2, 0) is 4.79 Å². The molecule has 1 unspecified atom stereocenters. The Morgan fingerprint density at radius 2 is 2.25 bits per heavy atom. The third-order valence-electron chi connectivity index (χ3n) is 4.04. The number of allylic oxidation sites excluding steroid dienone is 2. The highest BCUT2D eigenvalue weighted by atomic mass is 19.1. The Balaban J connectivity index is 2.12. The Morgan fingerprint density at radius 1 is 1.46 bits per heavy atom. The molecule has 1 atom stereocenters. The van der Waals surface area contributed by atoms with Gasteiger partial charge in [-0.1, -0.05) is 12.2 Å². The summed E-state index contributed by atoms with van der Waals surface area (Å²) in [4.78, 5) is 28.4. The van der Waals surface area contributed by atoms with E-state index in [4.69, 9.17) is 5.73 Å². The van der Waals surface area contributed by atoms with Crippen molar-refractivity contribution in [1.29, 1.82) is 0 Å². The molecule has 0 saturated heterocycles. The first-order valence-electron chi connectivity index (χ1n) is 7.56. The minimum atomic E-state index is -0.629. The first-order valence-corrected chi connectivity index (χ1v) is 7.56. The van der Waals surface area contributed by atoms with Crippen LogP contribution in [0.5, 0.6) is 0 Å². The predicted molar refractivity (Wildman–Crippen MR) is 88.3 cm³/mol. The SMILES string of the molecule is C/C=C/CN1C=C(c2cc(C(N)=O)ccc2F)C2=CC=[NH+]C2C1=O. The number of benzene rings is 1. The van der Waals surface area contributed by atoms with Gasteiger partial charge in [-0.2, -0.15) is 0 Å². The average molecular weight is 326 g/mol. The van der Waals surface area contributed by atoms with Gasteiger partial charge in [-0.15, -0.1) is 0 Å². The zero-order valence-corrected chi connectivity index (χ0v) is 13.1. The number of nitrogens with one attached hydrogen (secondary N) is 1. The number of carbonyl (C=O) groups is 2. The van der Waals surface area contributed by atoms with E-state index in [0.29, 0.717) is 17.7 Å². The van der Waals surface area contributed by atoms with Crippen LogP contribution in [0, 0.1) is 5.82 Å². The molecule has 1 aromatic carbocycles. The molecule has 0 bridgehead atoms. The fraction of sp³-hybridized carbons (Fsp3) is 0.167. The van der Waals surface area contributed by atoms with Crippen molar-refractivity contribution in [2.24, 2.45) is 5.73 Å². The highest BCUT2D eigenvalue weighted by molar-refractivity contribution is 6.02. The van der Waals surface area contributed by atoms with Gasteiger partial charge in [-0.05, 0) is 25.1 Å². The zero-order valence-electron chi connectivity index (χ0n) is 13.1. The molecule has 6 heteroatoms. The highest BCUT2D eigenvalue weighted by Gasteiger charge is 2.40. The van der Waals surface area contributed by atoms with Gasteiger partial charge >= 0.3 is 0 Å². The van der Waals surface area contributed by atoms with Crippen molar-refractivity contribution in [3.63, 3.8) is 0 Å². The molecule has 24 heavy (non-hydrogen) atoms. The molecule has 2 heterocycles. The molecule has 0 aromatic heterocycles. The minimum Gasteiger partial charge on any atom is -0.366 e. The maximum absolute atomic E-state index is 14.4. The van der Waals surface area contributed by atoms with Gasteiger partial charge in [0, 0.05) is 41.1 Å². The lowest BCUT2D eigenvalue weighted by Gasteiger charge is -2.26. The molecule has 3 N–H and O–H groups in total. The monoisotopic (exact) mass is 326 g/mol. The van der Waals surface area contributed by atoms with Gasteiger partial charge in [0.2, 0.25) is 5.91 Å². The Hall–Kier alpha value is -3.02. The number of carbonyl (C=O) groups excluding carboxylic acids is 2. The molecule has 0 aliphatic carbocycles. The lowest BCUT2D eigenvalue weighted by Crippen LogP contribution is -2.79. The summed E-state index contributed by atoms with van der Waals surface area (Å²) in [5.41, 5.74) is 7.00. The first-order chi connectivity index (χ1) is 11.5. The van der Waals surface area contributed by atoms with Gasteiger partial charge < -0.3 is 10.6 Å². The summed E-state index contributed by atoms with van der Waals surface area (Å²) >= 11 is 0. The Morgan fingerprint density at radius 3 is 2.96 bits per heavy atom. The zero-order chi connectivity index (χ0) is 17.3. The number of nitrogens with zero attached hydrogens (tertiary/aromatic N) is 1. The number of fused-ring (bicyclic) bond motifs is 1. The van der Waals surface area contributed by atoms with Gasteiger partial charge in [0.15, 0.2) is 6.21 Å². The van der Waals surface area contributed by atoms with Crippen LogP contribution < -0.4 is 10.7 Å². The van der Waals surface area contributed by atoms with Crippen LogP contribution in [0.2, 0.25) is 0 Å². The molecule has 122 valence electrons. The van der Waals surface area contributed by atoms with E-state index in [-0.39, 0.29) is 17.0 Å². The number of amides is 2. The van der Waals surface area contributed by atoms with Gasteiger partial charge in [0.05, 0.1) is 0 Å². The number of nitrogens with two attached hydrogens (primary N) is 1. The summed E-state index contributed by atoms with van der Waals surface area (Å²) in [6, 6.07) is 3.43. The smallest absolute Gasteiger partial charge is 0.300 e. The van der Waals surface area contributed by atoms with E-state index in [0.717, 1.165) is 0 Å². The molecule has 2 amide bonds. The standard InChI is InChI=1S/C18H16FN3O2/c1-2-3-8-22-10-14(12-6-7-21-16(12)18(22)24)13-9-11(17(20)23)4-5-15(13)19/h2-7,9-10,16H,8H2,1H3,(H2,20,23)/p+1/b3-2+. The van der Waals surface area contributed by atoms with Gasteiger partial charge in [0.25, 0.3) is 11.9 Å². The number of hydrogen-bond donors (Lipinski definition) is 2. The second kappa shape index (κ2) is 6.23. The molecule has 0 radical (unpaired) electrons. The summed E-state index contributed by atoms with van der Waals surface area (Å²) in [5, 5.41) is 0. The van der Waals surface area contributed by atoms with Crippen LogP contribution in [0.3, 0.4) is 0 Å². The normalized spacial score (nSPS) is 19.5. The number of primary amides is 1. The van der Waals surface area contributed by atoms with E-state index in [1.807, 2.05) is 19.1 Å². The van der Waals surface area contributed by atoms with Gasteiger partial charge in [-0.25, -0.2) is 9.38 Å². The van der Waals surface area contributed by atoms with E-state index >= 15 is 0 Å². The van der Waals surface area contributed by atoms with Crippen LogP contribution >= 0.6 is 0 Å². The van der Waals surface area contributed by atoms with Crippen molar-refractivity contribution in [2.45, 2.75) is 13.0 Å². The molecule has 2 aliphatic heterocycles. The maximum atomic E-state index is 14.4. The first kappa shape index (κ1) is 15.9. The number of rotatable bonds is 4. The molecule has 2 aliphatic rings. The number of halogens is 1. The lowest BCUT2D eigenvalue weighted by atomic mass is 9.89. The minimum absolute atomic E-state index is 0.108. The summed E-state index contributed by atoms with van der Waals surface area (Å²) in [5.74, 6) is -1.21. The highest BCUT2D eigenvalue weighted by Crippen LogP contribution is 2.32. The van der Waals surface area contributed by atoms with Crippen LogP contribution in [-0.4, -0.2) is 35.5 Å². The van der Waals surface area contributed by atoms with Crippen LogP contribution in [0.4, 0.5) is 4.39 Å². The largest absolute Gasteiger partial charge is 0.366 e. The van der Waals surface area contributed by atoms with Crippen molar-refractivity contribution >= 4 is 23.6 Å². The summed E-state index contributed by atoms with van der Waals surface area (Å²) in [7, 11) is 0. The van der Waals surface area contributed by atoms with E-state index in [2.05, 4.69) is 4.99 Å². The molecule has 0 saturated carbocycles. The molecule has 1 aromatic rings. The van der Waals surface area contributed by atoms with Crippen molar-refractivity contribution in [3.8, 4) is 0 Å². The van der Waals surface area contributed by atoms with Crippen LogP contribution in [0.15, 0.2) is 48.2 Å². The van der Waals surface area contributed by atoms with E-state index in [1.165, 1.54) is 23.1 Å². The van der Waals surface area contributed by atoms with E-state index in [1.54, 1.807) is 18.5 Å². The van der Waals surface area contributed by atoms with E-state index in [9.17, 15) is 14.0 Å². The predicted octanol–water partition coefficient (Wildman–Crippen LogP) is 0.144. The molecule has 0 spiro atoms. The second-order valence-electron chi connectivity index (χ2n) is 5.55. The van der Waals surface area contributed by atoms with Crippen molar-refractivity contribution in [2.75, 3.05) is 6.54 Å². The maximum Gasteiger partial charge on any atom is 0.300 e. The fourth-order valence-corrected chi connectivity index (χ4v) is 2.80. The quantitative estimate of drug-likeness (QED) is 0.773. The third kappa shape index (κ3) is 2.67. The second-order valence-corrected chi connectivity index (χ2v) is 5.55. The topological polar surface area (TPSA) is 77.4 Å². The van der Waals surface area contributed by atoms with Crippen molar-refractivity contribution in [3.05, 3.63) is 65.1 Å². The molecule has 5 nitrogen and oxygen atoms in total. The van der Waals surface area contributed by atoms with Crippen LogP contribution in [0.25, 0.3) is 5.57 Å².